The Labute approximate surface area is 177 Å². The quantitative estimate of drug-likeness (QED) is 0.570. The van der Waals surface area contributed by atoms with E-state index in [9.17, 15) is 9.59 Å². The van der Waals surface area contributed by atoms with Crippen molar-refractivity contribution in [2.45, 2.75) is 18.4 Å². The Kier molecular flexibility index (Phi) is 7.35. The van der Waals surface area contributed by atoms with Crippen LogP contribution >= 0.6 is 0 Å². The molecule has 0 aliphatic rings. The molecule has 0 saturated heterocycles. The second kappa shape index (κ2) is 10.4. The van der Waals surface area contributed by atoms with Crippen molar-refractivity contribution in [3.63, 3.8) is 0 Å². The van der Waals surface area contributed by atoms with Gasteiger partial charge in [-0.1, -0.05) is 91.0 Å². The standard InChI is InChI=1S/C25H27N3O2/c1-28(2)27-24(29)22(18-19-12-6-3-7-13-19)26-25(30)23(20-14-8-4-9-15-20)21-16-10-5-11-17-21/h3-17,22-23H,18H2,1-2H3,(H,26,30)(H,27,29)/t22-/m0/s1. The van der Waals surface area contributed by atoms with Gasteiger partial charge in [-0.05, 0) is 16.7 Å². The normalized spacial score (nSPS) is 11.9. The van der Waals surface area contributed by atoms with E-state index in [4.69, 9.17) is 0 Å². The fourth-order valence-corrected chi connectivity index (χ4v) is 3.40. The Morgan fingerprint density at radius 1 is 0.733 bits per heavy atom. The van der Waals surface area contributed by atoms with Crippen LogP contribution in [0.25, 0.3) is 0 Å². The fourth-order valence-electron chi connectivity index (χ4n) is 3.40. The van der Waals surface area contributed by atoms with Crippen LogP contribution in [0.15, 0.2) is 91.0 Å². The molecular weight excluding hydrogens is 374 g/mol. The summed E-state index contributed by atoms with van der Waals surface area (Å²) < 4.78 is 0. The van der Waals surface area contributed by atoms with E-state index in [-0.39, 0.29) is 11.8 Å². The first-order valence-electron chi connectivity index (χ1n) is 9.96. The molecule has 3 aromatic rings. The van der Waals surface area contributed by atoms with Crippen molar-refractivity contribution in [3.05, 3.63) is 108 Å². The molecule has 2 N–H and O–H groups in total. The van der Waals surface area contributed by atoms with Gasteiger partial charge in [-0.25, -0.2) is 5.01 Å². The van der Waals surface area contributed by atoms with E-state index in [1.807, 2.05) is 91.0 Å². The van der Waals surface area contributed by atoms with Gasteiger partial charge in [0.15, 0.2) is 0 Å². The van der Waals surface area contributed by atoms with Crippen LogP contribution in [0, 0.1) is 0 Å². The van der Waals surface area contributed by atoms with E-state index >= 15 is 0 Å². The summed E-state index contributed by atoms with van der Waals surface area (Å²) in [6, 6.07) is 28.2. The molecule has 0 heterocycles. The third-order valence-electron chi connectivity index (χ3n) is 4.78. The summed E-state index contributed by atoms with van der Waals surface area (Å²) in [6.07, 6.45) is 0.405. The summed E-state index contributed by atoms with van der Waals surface area (Å²) >= 11 is 0. The van der Waals surface area contributed by atoms with E-state index in [1.54, 1.807) is 19.1 Å². The number of benzene rings is 3. The zero-order valence-electron chi connectivity index (χ0n) is 17.3. The van der Waals surface area contributed by atoms with E-state index in [2.05, 4.69) is 10.7 Å². The first-order valence-corrected chi connectivity index (χ1v) is 9.96. The molecule has 0 aliphatic carbocycles. The minimum Gasteiger partial charge on any atom is -0.343 e. The first-order chi connectivity index (χ1) is 14.5. The summed E-state index contributed by atoms with van der Waals surface area (Å²) in [7, 11) is 3.49. The number of amides is 2. The van der Waals surface area contributed by atoms with Crippen molar-refractivity contribution in [1.82, 2.24) is 15.8 Å². The number of nitrogens with zero attached hydrogens (tertiary/aromatic N) is 1. The Bertz CT molecular complexity index is 904. The lowest BCUT2D eigenvalue weighted by Gasteiger charge is -2.24. The molecule has 2 amide bonds. The van der Waals surface area contributed by atoms with Crippen LogP contribution in [0.3, 0.4) is 0 Å². The first kappa shape index (κ1) is 21.3. The molecule has 0 bridgehead atoms. The number of carbonyl (C=O) groups excluding carboxylic acids is 2. The van der Waals surface area contributed by atoms with Crippen LogP contribution in [0.1, 0.15) is 22.6 Å². The summed E-state index contributed by atoms with van der Waals surface area (Å²) in [6.45, 7) is 0. The monoisotopic (exact) mass is 401 g/mol. The summed E-state index contributed by atoms with van der Waals surface area (Å²) in [5.74, 6) is -0.961. The second-order valence-electron chi connectivity index (χ2n) is 7.38. The number of rotatable bonds is 8. The Morgan fingerprint density at radius 3 is 1.67 bits per heavy atom. The Morgan fingerprint density at radius 2 is 1.20 bits per heavy atom. The SMILES string of the molecule is CN(C)NC(=O)[C@H](Cc1ccccc1)NC(=O)C(c1ccccc1)c1ccccc1. The second-order valence-corrected chi connectivity index (χ2v) is 7.38. The van der Waals surface area contributed by atoms with E-state index in [1.165, 1.54) is 0 Å². The smallest absolute Gasteiger partial charge is 0.257 e. The minimum atomic E-state index is -0.697. The topological polar surface area (TPSA) is 61.4 Å². The predicted octanol–water partition coefficient (Wildman–Crippen LogP) is 3.14. The molecule has 0 aromatic heterocycles. The lowest BCUT2D eigenvalue weighted by molar-refractivity contribution is -0.131. The minimum absolute atomic E-state index is 0.206. The van der Waals surface area contributed by atoms with Gasteiger partial charge < -0.3 is 5.32 Å². The lowest BCUT2D eigenvalue weighted by Crippen LogP contribution is -2.52. The van der Waals surface area contributed by atoms with Gasteiger partial charge in [0, 0.05) is 20.5 Å². The molecule has 3 aromatic carbocycles. The average Bonchev–Trinajstić information content (AvgIpc) is 2.75. The molecule has 3 rings (SSSR count). The van der Waals surface area contributed by atoms with Gasteiger partial charge in [-0.15, -0.1) is 0 Å². The third-order valence-corrected chi connectivity index (χ3v) is 4.78. The highest BCUT2D eigenvalue weighted by molar-refractivity contribution is 5.92. The zero-order chi connectivity index (χ0) is 21.3. The number of hydrazine groups is 1. The van der Waals surface area contributed by atoms with E-state index in [0.29, 0.717) is 6.42 Å². The summed E-state index contributed by atoms with van der Waals surface area (Å²) in [5.41, 5.74) is 5.51. The van der Waals surface area contributed by atoms with Crippen molar-refractivity contribution < 1.29 is 9.59 Å². The number of hydrogen-bond donors (Lipinski definition) is 2. The van der Waals surface area contributed by atoms with Crippen molar-refractivity contribution in [1.29, 1.82) is 0 Å². The highest BCUT2D eigenvalue weighted by Gasteiger charge is 2.28. The molecule has 0 aliphatic heterocycles. The largest absolute Gasteiger partial charge is 0.343 e. The van der Waals surface area contributed by atoms with E-state index in [0.717, 1.165) is 16.7 Å². The highest BCUT2D eigenvalue weighted by atomic mass is 16.2. The molecule has 5 heteroatoms. The van der Waals surface area contributed by atoms with Crippen LogP contribution < -0.4 is 10.7 Å². The maximum absolute atomic E-state index is 13.4. The molecule has 0 unspecified atom stereocenters. The molecule has 154 valence electrons. The maximum atomic E-state index is 13.4. The van der Waals surface area contributed by atoms with Crippen LogP contribution in [-0.2, 0) is 16.0 Å². The molecule has 30 heavy (non-hydrogen) atoms. The number of nitrogens with one attached hydrogen (secondary N) is 2. The van der Waals surface area contributed by atoms with Crippen LogP contribution in [0.5, 0.6) is 0 Å². The molecule has 0 saturated carbocycles. The summed E-state index contributed by atoms with van der Waals surface area (Å²) in [4.78, 5) is 26.3. The van der Waals surface area contributed by atoms with Gasteiger partial charge in [-0.3, -0.25) is 15.0 Å². The van der Waals surface area contributed by atoms with Crippen LogP contribution in [0.4, 0.5) is 0 Å². The van der Waals surface area contributed by atoms with Crippen molar-refractivity contribution in [3.8, 4) is 0 Å². The summed E-state index contributed by atoms with van der Waals surface area (Å²) in [5, 5.41) is 4.57. The third kappa shape index (κ3) is 5.78. The van der Waals surface area contributed by atoms with Gasteiger partial charge in [0.05, 0.1) is 5.92 Å². The fraction of sp³-hybridized carbons (Fsp3) is 0.200. The number of carbonyl (C=O) groups is 2. The van der Waals surface area contributed by atoms with Crippen molar-refractivity contribution >= 4 is 11.8 Å². The molecular formula is C25H27N3O2. The molecule has 0 spiro atoms. The zero-order valence-corrected chi connectivity index (χ0v) is 17.3. The van der Waals surface area contributed by atoms with Gasteiger partial charge in [0.25, 0.3) is 5.91 Å². The molecule has 1 atom stereocenters. The van der Waals surface area contributed by atoms with Crippen molar-refractivity contribution in [2.24, 2.45) is 0 Å². The Hall–Kier alpha value is -3.44. The molecule has 5 nitrogen and oxygen atoms in total. The Balaban J connectivity index is 1.88. The average molecular weight is 402 g/mol. The van der Waals surface area contributed by atoms with Gasteiger partial charge in [0.1, 0.15) is 6.04 Å². The molecule has 0 radical (unpaired) electrons. The van der Waals surface area contributed by atoms with E-state index < -0.39 is 12.0 Å². The van der Waals surface area contributed by atoms with Gasteiger partial charge in [0.2, 0.25) is 5.91 Å². The number of hydrogen-bond acceptors (Lipinski definition) is 3. The van der Waals surface area contributed by atoms with Crippen LogP contribution in [0.2, 0.25) is 0 Å². The van der Waals surface area contributed by atoms with Crippen molar-refractivity contribution in [2.75, 3.05) is 14.1 Å². The molecule has 0 fully saturated rings. The predicted molar refractivity (Wildman–Crippen MR) is 119 cm³/mol. The van der Waals surface area contributed by atoms with Gasteiger partial charge in [-0.2, -0.15) is 0 Å². The maximum Gasteiger partial charge on any atom is 0.257 e. The lowest BCUT2D eigenvalue weighted by atomic mass is 9.90. The van der Waals surface area contributed by atoms with Crippen LogP contribution in [-0.4, -0.2) is 37.0 Å². The highest BCUT2D eigenvalue weighted by Crippen LogP contribution is 2.25. The van der Waals surface area contributed by atoms with Gasteiger partial charge >= 0.3 is 0 Å².